The Kier molecular flexibility index (Phi) is 5.87. The average Bonchev–Trinajstić information content (AvgIpc) is 3.17. The highest BCUT2D eigenvalue weighted by atomic mass is 16.5. The van der Waals surface area contributed by atoms with Gasteiger partial charge in [-0.1, -0.05) is 12.8 Å². The molecule has 0 aromatic rings. The van der Waals surface area contributed by atoms with E-state index < -0.39 is 0 Å². The van der Waals surface area contributed by atoms with E-state index in [4.69, 9.17) is 9.47 Å². The summed E-state index contributed by atoms with van der Waals surface area (Å²) in [5, 5.41) is 3.73. The van der Waals surface area contributed by atoms with Crippen LogP contribution in [0, 0.1) is 11.3 Å². The number of nitrogens with one attached hydrogen (secondary N) is 1. The monoisotopic (exact) mass is 351 g/mol. The van der Waals surface area contributed by atoms with Gasteiger partial charge in [0.1, 0.15) is 0 Å². The van der Waals surface area contributed by atoms with Gasteiger partial charge < -0.3 is 19.7 Å². The van der Waals surface area contributed by atoms with E-state index in [2.05, 4.69) is 22.1 Å². The van der Waals surface area contributed by atoms with Crippen molar-refractivity contribution in [3.63, 3.8) is 0 Å². The molecule has 1 saturated heterocycles. The van der Waals surface area contributed by atoms with Crippen LogP contribution in [0.4, 0.5) is 0 Å². The van der Waals surface area contributed by atoms with Gasteiger partial charge in [-0.2, -0.15) is 0 Å². The normalized spacial score (nSPS) is 29.6. The van der Waals surface area contributed by atoms with Gasteiger partial charge >= 0.3 is 5.97 Å². The second kappa shape index (κ2) is 7.94. The molecule has 3 fully saturated rings. The van der Waals surface area contributed by atoms with Gasteiger partial charge in [0.2, 0.25) is 0 Å². The molecule has 0 amide bonds. The zero-order chi connectivity index (χ0) is 17.9. The number of rotatable bonds is 4. The van der Waals surface area contributed by atoms with Gasteiger partial charge in [-0.15, -0.1) is 0 Å². The summed E-state index contributed by atoms with van der Waals surface area (Å²) in [7, 11) is 3.33. The molecule has 2 unspecified atom stereocenters. The predicted octanol–water partition coefficient (Wildman–Crippen LogP) is 2.18. The van der Waals surface area contributed by atoms with Gasteiger partial charge in [0.25, 0.3) is 0 Å². The number of carbonyl (C=O) groups excluding carboxylic acids is 1. The molecular weight excluding hydrogens is 318 g/mol. The van der Waals surface area contributed by atoms with Crippen LogP contribution in [0.5, 0.6) is 0 Å². The molecule has 142 valence electrons. The molecule has 2 saturated carbocycles. The molecule has 0 bridgehead atoms. The summed E-state index contributed by atoms with van der Waals surface area (Å²) in [4.78, 5) is 18.5. The van der Waals surface area contributed by atoms with Crippen molar-refractivity contribution in [1.82, 2.24) is 10.2 Å². The number of hydrogen-bond acceptors (Lipinski definition) is 4. The Hall–Kier alpha value is -1.30. The van der Waals surface area contributed by atoms with E-state index >= 15 is 0 Å². The molecule has 6 heteroatoms. The van der Waals surface area contributed by atoms with Gasteiger partial charge in [0.15, 0.2) is 5.96 Å². The maximum atomic E-state index is 11.7. The number of likely N-dealkylation sites (tertiary alicyclic amines) is 1. The van der Waals surface area contributed by atoms with Crippen LogP contribution in [0.3, 0.4) is 0 Å². The molecule has 1 spiro atoms. The van der Waals surface area contributed by atoms with Crippen LogP contribution in [-0.2, 0) is 14.3 Å². The topological polar surface area (TPSA) is 63.2 Å². The SMILES string of the molecule is CCOC1CC(NC(=NC)N2CCC(C(=O)OC)CC2)C12CCCC2. The number of carbonyl (C=O) groups is 1. The fraction of sp³-hybridized carbons (Fsp3) is 0.895. The first-order chi connectivity index (χ1) is 12.1. The average molecular weight is 351 g/mol. The van der Waals surface area contributed by atoms with Gasteiger partial charge in [0.05, 0.1) is 19.1 Å². The standard InChI is InChI=1S/C19H33N3O3/c1-4-25-16-13-15(19(16)9-5-6-10-19)21-18(20-2)22-11-7-14(8-12-22)17(23)24-3/h14-16H,4-13H2,1-3H3,(H,20,21). The third-order valence-electron chi connectivity index (χ3n) is 6.53. The summed E-state index contributed by atoms with van der Waals surface area (Å²) >= 11 is 0. The Balaban J connectivity index is 1.57. The molecule has 3 rings (SSSR count). The van der Waals surface area contributed by atoms with Crippen LogP contribution in [0.25, 0.3) is 0 Å². The first-order valence-electron chi connectivity index (χ1n) is 9.82. The summed E-state index contributed by atoms with van der Waals surface area (Å²) in [5.74, 6) is 0.937. The maximum absolute atomic E-state index is 11.7. The Morgan fingerprint density at radius 2 is 1.96 bits per heavy atom. The molecule has 25 heavy (non-hydrogen) atoms. The summed E-state index contributed by atoms with van der Waals surface area (Å²) in [6, 6.07) is 0.462. The van der Waals surface area contributed by atoms with E-state index in [1.807, 2.05) is 7.05 Å². The quantitative estimate of drug-likeness (QED) is 0.478. The minimum absolute atomic E-state index is 0.0339. The van der Waals surface area contributed by atoms with Crippen molar-refractivity contribution in [2.75, 3.05) is 33.9 Å². The van der Waals surface area contributed by atoms with Crippen LogP contribution in [0.2, 0.25) is 0 Å². The highest BCUT2D eigenvalue weighted by molar-refractivity contribution is 5.81. The van der Waals surface area contributed by atoms with Gasteiger partial charge in [-0.05, 0) is 39.0 Å². The molecule has 1 aliphatic heterocycles. The number of hydrogen-bond donors (Lipinski definition) is 1. The predicted molar refractivity (Wildman–Crippen MR) is 97.5 cm³/mol. The van der Waals surface area contributed by atoms with E-state index in [-0.39, 0.29) is 11.9 Å². The minimum atomic E-state index is -0.0777. The van der Waals surface area contributed by atoms with Crippen LogP contribution in [0.1, 0.15) is 51.9 Å². The second-order valence-corrected chi connectivity index (χ2v) is 7.65. The lowest BCUT2D eigenvalue weighted by Gasteiger charge is -2.55. The summed E-state index contributed by atoms with van der Waals surface area (Å²) in [6.45, 7) is 4.60. The number of piperidine rings is 1. The molecule has 3 aliphatic rings. The summed E-state index contributed by atoms with van der Waals surface area (Å²) in [6.07, 6.45) is 8.30. The zero-order valence-corrected chi connectivity index (χ0v) is 15.9. The van der Waals surface area contributed by atoms with E-state index in [1.165, 1.54) is 32.8 Å². The molecule has 0 radical (unpaired) electrons. The lowest BCUT2D eigenvalue weighted by atomic mass is 9.60. The Morgan fingerprint density at radius 1 is 1.28 bits per heavy atom. The molecule has 1 heterocycles. The largest absolute Gasteiger partial charge is 0.469 e. The van der Waals surface area contributed by atoms with Crippen molar-refractivity contribution < 1.29 is 14.3 Å². The maximum Gasteiger partial charge on any atom is 0.308 e. The third-order valence-corrected chi connectivity index (χ3v) is 6.53. The highest BCUT2D eigenvalue weighted by Gasteiger charge is 2.57. The number of nitrogens with zero attached hydrogens (tertiary/aromatic N) is 2. The fourth-order valence-electron chi connectivity index (χ4n) is 5.04. The number of aliphatic imine (C=N–C) groups is 1. The lowest BCUT2D eigenvalue weighted by Crippen LogP contribution is -2.65. The van der Waals surface area contributed by atoms with E-state index in [0.717, 1.165) is 44.9 Å². The second-order valence-electron chi connectivity index (χ2n) is 7.65. The van der Waals surface area contributed by atoms with Crippen molar-refractivity contribution in [2.24, 2.45) is 16.3 Å². The van der Waals surface area contributed by atoms with Gasteiger partial charge in [0, 0.05) is 38.2 Å². The Labute approximate surface area is 151 Å². The number of methoxy groups -OCH3 is 1. The lowest BCUT2D eigenvalue weighted by molar-refractivity contribution is -0.146. The molecule has 1 N–H and O–H groups in total. The zero-order valence-electron chi connectivity index (χ0n) is 15.9. The smallest absolute Gasteiger partial charge is 0.308 e. The van der Waals surface area contributed by atoms with Crippen LogP contribution in [0.15, 0.2) is 4.99 Å². The van der Waals surface area contributed by atoms with Crippen LogP contribution < -0.4 is 5.32 Å². The van der Waals surface area contributed by atoms with E-state index in [0.29, 0.717) is 17.6 Å². The van der Waals surface area contributed by atoms with Crippen molar-refractivity contribution in [2.45, 2.75) is 64.0 Å². The molecule has 2 atom stereocenters. The first-order valence-corrected chi connectivity index (χ1v) is 9.82. The fourth-order valence-corrected chi connectivity index (χ4v) is 5.04. The molecule has 2 aliphatic carbocycles. The minimum Gasteiger partial charge on any atom is -0.469 e. The molecular formula is C19H33N3O3. The Morgan fingerprint density at radius 3 is 2.52 bits per heavy atom. The van der Waals surface area contributed by atoms with Crippen molar-refractivity contribution >= 4 is 11.9 Å². The van der Waals surface area contributed by atoms with Crippen molar-refractivity contribution in [3.8, 4) is 0 Å². The first kappa shape index (κ1) is 18.5. The highest BCUT2D eigenvalue weighted by Crippen LogP contribution is 2.54. The van der Waals surface area contributed by atoms with E-state index in [9.17, 15) is 4.79 Å². The van der Waals surface area contributed by atoms with Crippen molar-refractivity contribution in [1.29, 1.82) is 0 Å². The Bertz CT molecular complexity index is 494. The molecule has 0 aromatic carbocycles. The summed E-state index contributed by atoms with van der Waals surface area (Å²) in [5.41, 5.74) is 0.302. The summed E-state index contributed by atoms with van der Waals surface area (Å²) < 4.78 is 10.9. The van der Waals surface area contributed by atoms with E-state index in [1.54, 1.807) is 0 Å². The molecule has 0 aromatic heterocycles. The van der Waals surface area contributed by atoms with Gasteiger partial charge in [-0.25, -0.2) is 0 Å². The number of esters is 1. The molecule has 6 nitrogen and oxygen atoms in total. The third kappa shape index (κ3) is 3.50. The van der Waals surface area contributed by atoms with Crippen LogP contribution >= 0.6 is 0 Å². The van der Waals surface area contributed by atoms with Crippen molar-refractivity contribution in [3.05, 3.63) is 0 Å². The number of ether oxygens (including phenoxy) is 2. The van der Waals surface area contributed by atoms with Gasteiger partial charge in [-0.3, -0.25) is 9.79 Å². The number of guanidine groups is 1. The van der Waals surface area contributed by atoms with Crippen LogP contribution in [-0.4, -0.2) is 62.8 Å².